The van der Waals surface area contributed by atoms with E-state index in [9.17, 15) is 8.42 Å². The van der Waals surface area contributed by atoms with Crippen LogP contribution in [0.2, 0.25) is 5.02 Å². The summed E-state index contributed by atoms with van der Waals surface area (Å²) in [6.45, 7) is 6.72. The third-order valence-corrected chi connectivity index (χ3v) is 6.83. The first-order valence-electron chi connectivity index (χ1n) is 9.02. The molecule has 1 saturated heterocycles. The summed E-state index contributed by atoms with van der Waals surface area (Å²) < 4.78 is 28.0. The number of rotatable bonds is 3. The molecule has 0 atom stereocenters. The first-order chi connectivity index (χ1) is 13.2. The summed E-state index contributed by atoms with van der Waals surface area (Å²) >= 11 is 6.29. The summed E-state index contributed by atoms with van der Waals surface area (Å²) in [5, 5.41) is 9.06. The van der Waals surface area contributed by atoms with E-state index in [1.165, 1.54) is 4.31 Å². The molecule has 0 saturated carbocycles. The monoisotopic (exact) mass is 420 g/mol. The molecule has 1 fully saturated rings. The molecule has 0 bridgehead atoms. The van der Waals surface area contributed by atoms with E-state index in [0.717, 1.165) is 5.56 Å². The normalized spacial score (nSPS) is 16.8. The molecule has 3 heterocycles. The van der Waals surface area contributed by atoms with Crippen molar-refractivity contribution >= 4 is 38.6 Å². The van der Waals surface area contributed by atoms with Crippen LogP contribution in [0.25, 0.3) is 11.2 Å². The third-order valence-electron chi connectivity index (χ3n) is 4.63. The molecule has 0 spiro atoms. The van der Waals surface area contributed by atoms with Gasteiger partial charge in [-0.3, -0.25) is 4.31 Å². The Morgan fingerprint density at radius 3 is 2.57 bits per heavy atom. The number of benzene rings is 1. The lowest BCUT2D eigenvalue weighted by Gasteiger charge is -2.21. The molecule has 28 heavy (non-hydrogen) atoms. The Hall–Kier alpha value is -2.26. The van der Waals surface area contributed by atoms with Gasteiger partial charge in [0.25, 0.3) is 0 Å². The van der Waals surface area contributed by atoms with E-state index in [0.29, 0.717) is 47.3 Å². The standard InChI is InChI=1S/C18H21ClN6O2S/c1-18(2,3)17-20-15-14(16(21-17)25-9-6-10-28(25,26)27)22-23-24(15)11-12-7-4-5-8-13(12)19/h4-5,7-8H,6,9-11H2,1-3H3. The highest BCUT2D eigenvalue weighted by Crippen LogP contribution is 2.31. The van der Waals surface area contributed by atoms with E-state index in [4.69, 9.17) is 11.6 Å². The molecule has 148 valence electrons. The number of anilines is 1. The van der Waals surface area contributed by atoms with E-state index >= 15 is 0 Å². The number of hydrogen-bond acceptors (Lipinski definition) is 6. The molecule has 0 N–H and O–H groups in total. The van der Waals surface area contributed by atoms with Gasteiger partial charge in [-0.15, -0.1) is 5.10 Å². The molecule has 0 unspecified atom stereocenters. The maximum atomic E-state index is 12.5. The van der Waals surface area contributed by atoms with Gasteiger partial charge in [0, 0.05) is 17.0 Å². The highest BCUT2D eigenvalue weighted by Gasteiger charge is 2.34. The van der Waals surface area contributed by atoms with Crippen molar-refractivity contribution in [2.45, 2.75) is 39.2 Å². The molecule has 0 aliphatic carbocycles. The topological polar surface area (TPSA) is 93.9 Å². The van der Waals surface area contributed by atoms with E-state index in [1.54, 1.807) is 4.68 Å². The Morgan fingerprint density at radius 1 is 1.18 bits per heavy atom. The van der Waals surface area contributed by atoms with Crippen LogP contribution in [0.4, 0.5) is 5.82 Å². The summed E-state index contributed by atoms with van der Waals surface area (Å²) in [4.78, 5) is 9.26. The van der Waals surface area contributed by atoms with Crippen LogP contribution in [-0.4, -0.2) is 45.7 Å². The van der Waals surface area contributed by atoms with Crippen LogP contribution in [0.5, 0.6) is 0 Å². The summed E-state index contributed by atoms with van der Waals surface area (Å²) in [5.41, 5.74) is 1.39. The summed E-state index contributed by atoms with van der Waals surface area (Å²) in [6, 6.07) is 7.49. The lowest BCUT2D eigenvalue weighted by atomic mass is 9.96. The number of sulfonamides is 1. The van der Waals surface area contributed by atoms with Gasteiger partial charge < -0.3 is 0 Å². The molecule has 0 amide bonds. The van der Waals surface area contributed by atoms with Gasteiger partial charge in [-0.25, -0.2) is 23.1 Å². The van der Waals surface area contributed by atoms with Gasteiger partial charge in [0.1, 0.15) is 5.82 Å². The van der Waals surface area contributed by atoms with Crippen molar-refractivity contribution in [1.82, 2.24) is 25.0 Å². The smallest absolute Gasteiger partial charge is 0.236 e. The molecule has 1 aliphatic heterocycles. The first kappa shape index (κ1) is 19.1. The quantitative estimate of drug-likeness (QED) is 0.646. The molecule has 2 aromatic heterocycles. The zero-order valence-electron chi connectivity index (χ0n) is 15.9. The summed E-state index contributed by atoms with van der Waals surface area (Å²) in [6.07, 6.45) is 0.562. The molecular formula is C18H21ClN6O2S. The molecular weight excluding hydrogens is 400 g/mol. The number of aromatic nitrogens is 5. The molecule has 1 aromatic carbocycles. The van der Waals surface area contributed by atoms with Crippen LogP contribution in [0.15, 0.2) is 24.3 Å². The van der Waals surface area contributed by atoms with E-state index < -0.39 is 10.0 Å². The van der Waals surface area contributed by atoms with Crippen molar-refractivity contribution in [1.29, 1.82) is 0 Å². The largest absolute Gasteiger partial charge is 0.252 e. The Labute approximate surface area is 168 Å². The van der Waals surface area contributed by atoms with Gasteiger partial charge in [-0.1, -0.05) is 55.8 Å². The minimum absolute atomic E-state index is 0.108. The van der Waals surface area contributed by atoms with Crippen molar-refractivity contribution in [3.63, 3.8) is 0 Å². The van der Waals surface area contributed by atoms with Crippen LogP contribution in [0.3, 0.4) is 0 Å². The van der Waals surface area contributed by atoms with Crippen LogP contribution in [0, 0.1) is 0 Å². The molecule has 1 aliphatic rings. The SMILES string of the molecule is CC(C)(C)c1nc(N2CCCS2(=O)=O)c2nnn(Cc3ccccc3Cl)c2n1. The maximum absolute atomic E-state index is 12.5. The fourth-order valence-electron chi connectivity index (χ4n) is 3.12. The highest BCUT2D eigenvalue weighted by atomic mass is 35.5. The Morgan fingerprint density at radius 2 is 1.93 bits per heavy atom. The lowest BCUT2D eigenvalue weighted by molar-refractivity contribution is 0.545. The second-order valence-electron chi connectivity index (χ2n) is 7.87. The average molecular weight is 421 g/mol. The number of halogens is 1. The Kier molecular flexibility index (Phi) is 4.54. The molecule has 4 rings (SSSR count). The molecule has 3 aromatic rings. The first-order valence-corrected chi connectivity index (χ1v) is 11.0. The number of nitrogens with zero attached hydrogens (tertiary/aromatic N) is 6. The number of hydrogen-bond donors (Lipinski definition) is 0. The van der Waals surface area contributed by atoms with Crippen LogP contribution >= 0.6 is 11.6 Å². The zero-order chi connectivity index (χ0) is 20.1. The van der Waals surface area contributed by atoms with Gasteiger partial charge in [0.15, 0.2) is 17.0 Å². The predicted molar refractivity (Wildman–Crippen MR) is 108 cm³/mol. The van der Waals surface area contributed by atoms with Crippen LogP contribution < -0.4 is 4.31 Å². The van der Waals surface area contributed by atoms with E-state index in [1.807, 2.05) is 45.0 Å². The van der Waals surface area contributed by atoms with Crippen molar-refractivity contribution in [2.75, 3.05) is 16.6 Å². The van der Waals surface area contributed by atoms with Gasteiger partial charge in [0.05, 0.1) is 12.3 Å². The minimum Gasteiger partial charge on any atom is -0.252 e. The van der Waals surface area contributed by atoms with Crippen molar-refractivity contribution < 1.29 is 8.42 Å². The fourth-order valence-corrected chi connectivity index (χ4v) is 4.83. The molecule has 0 radical (unpaired) electrons. The van der Waals surface area contributed by atoms with E-state index in [-0.39, 0.29) is 11.2 Å². The zero-order valence-corrected chi connectivity index (χ0v) is 17.5. The third kappa shape index (κ3) is 3.33. The van der Waals surface area contributed by atoms with Gasteiger partial charge >= 0.3 is 0 Å². The van der Waals surface area contributed by atoms with Crippen molar-refractivity contribution in [3.05, 3.63) is 40.7 Å². The lowest BCUT2D eigenvalue weighted by Crippen LogP contribution is -2.28. The Bertz CT molecular complexity index is 1150. The van der Waals surface area contributed by atoms with Crippen molar-refractivity contribution in [2.24, 2.45) is 0 Å². The maximum Gasteiger partial charge on any atom is 0.236 e. The fraction of sp³-hybridized carbons (Fsp3) is 0.444. The average Bonchev–Trinajstić information content (AvgIpc) is 3.18. The second kappa shape index (κ2) is 6.66. The molecule has 8 nitrogen and oxygen atoms in total. The summed E-state index contributed by atoms with van der Waals surface area (Å²) in [5.74, 6) is 0.953. The van der Waals surface area contributed by atoms with Gasteiger partial charge in [0.2, 0.25) is 10.0 Å². The van der Waals surface area contributed by atoms with Gasteiger partial charge in [-0.2, -0.15) is 0 Å². The number of fused-ring (bicyclic) bond motifs is 1. The predicted octanol–water partition coefficient (Wildman–Crippen LogP) is 2.76. The Balaban J connectivity index is 1.91. The highest BCUT2D eigenvalue weighted by molar-refractivity contribution is 7.93. The van der Waals surface area contributed by atoms with Gasteiger partial charge in [-0.05, 0) is 18.1 Å². The second-order valence-corrected chi connectivity index (χ2v) is 10.3. The van der Waals surface area contributed by atoms with Crippen LogP contribution in [-0.2, 0) is 22.0 Å². The van der Waals surface area contributed by atoms with Crippen LogP contribution in [0.1, 0.15) is 38.6 Å². The van der Waals surface area contributed by atoms with E-state index in [2.05, 4.69) is 20.3 Å². The molecule has 10 heteroatoms. The summed E-state index contributed by atoms with van der Waals surface area (Å²) in [7, 11) is -3.41. The minimum atomic E-state index is -3.41. The van der Waals surface area contributed by atoms with Crippen molar-refractivity contribution in [3.8, 4) is 0 Å².